The predicted molar refractivity (Wildman–Crippen MR) is 153 cm³/mol. The molecule has 4 rings (SSSR count). The molecule has 4 aromatic rings. The quantitative estimate of drug-likeness (QED) is 0.151. The van der Waals surface area contributed by atoms with E-state index < -0.39 is 17.4 Å². The third kappa shape index (κ3) is 7.41. The van der Waals surface area contributed by atoms with Gasteiger partial charge in [-0.25, -0.2) is 4.79 Å². The highest BCUT2D eigenvalue weighted by Crippen LogP contribution is 2.38. The Labute approximate surface area is 238 Å². The molecule has 4 aromatic carbocycles. The first-order valence-electron chi connectivity index (χ1n) is 12.4. The average molecular weight is 563 g/mol. The minimum atomic E-state index is -0.729. The fourth-order valence-electron chi connectivity index (χ4n) is 3.81. The van der Waals surface area contributed by atoms with Gasteiger partial charge >= 0.3 is 5.97 Å². The van der Waals surface area contributed by atoms with Crippen LogP contribution in [0.3, 0.4) is 0 Å². The molecule has 39 heavy (non-hydrogen) atoms. The Hall–Kier alpha value is -3.80. The highest BCUT2D eigenvalue weighted by atomic mass is 35.5. The normalized spacial score (nSPS) is 11.1. The first-order chi connectivity index (χ1) is 18.6. The summed E-state index contributed by atoms with van der Waals surface area (Å²) < 4.78 is 17.9. The summed E-state index contributed by atoms with van der Waals surface area (Å²) >= 11 is 12.8. The van der Waals surface area contributed by atoms with E-state index in [9.17, 15) is 9.59 Å². The zero-order valence-corrected chi connectivity index (χ0v) is 23.4. The largest absolute Gasteiger partial charge is 0.488 e. The van der Waals surface area contributed by atoms with Crippen LogP contribution in [0.1, 0.15) is 58.2 Å². The van der Waals surface area contributed by atoms with Crippen molar-refractivity contribution < 1.29 is 23.8 Å². The third-order valence-corrected chi connectivity index (χ3v) is 6.22. The lowest BCUT2D eigenvalue weighted by molar-refractivity contribution is 0.00683. The molecule has 0 aliphatic carbocycles. The Morgan fingerprint density at radius 3 is 1.56 bits per heavy atom. The fourth-order valence-corrected chi connectivity index (χ4v) is 4.38. The van der Waals surface area contributed by atoms with E-state index in [0.29, 0.717) is 0 Å². The molecular formula is C32H28Cl2O5. The van der Waals surface area contributed by atoms with Crippen LogP contribution < -0.4 is 9.47 Å². The number of rotatable bonds is 9. The van der Waals surface area contributed by atoms with Crippen LogP contribution in [0.15, 0.2) is 91.0 Å². The SMILES string of the molecule is CC(C)(C)OC(=O)c1cc(OCc2ccccc2)c(C(=O)c2c(Cl)cccc2Cl)c(OCc2ccccc2)c1. The molecule has 0 bridgehead atoms. The molecule has 0 N–H and O–H groups in total. The molecular weight excluding hydrogens is 535 g/mol. The highest BCUT2D eigenvalue weighted by molar-refractivity contribution is 6.41. The zero-order chi connectivity index (χ0) is 28.0. The molecule has 0 aromatic heterocycles. The number of ether oxygens (including phenoxy) is 3. The summed E-state index contributed by atoms with van der Waals surface area (Å²) in [5, 5.41) is 0.374. The minimum Gasteiger partial charge on any atom is -0.488 e. The number of hydrogen-bond acceptors (Lipinski definition) is 5. The van der Waals surface area contributed by atoms with Gasteiger partial charge in [0.15, 0.2) is 0 Å². The monoisotopic (exact) mass is 562 g/mol. The maximum atomic E-state index is 14.0. The first-order valence-corrected chi connectivity index (χ1v) is 13.1. The zero-order valence-electron chi connectivity index (χ0n) is 21.9. The van der Waals surface area contributed by atoms with Gasteiger partial charge in [0, 0.05) is 0 Å². The molecule has 0 amide bonds. The summed E-state index contributed by atoms with van der Waals surface area (Å²) in [7, 11) is 0. The van der Waals surface area contributed by atoms with E-state index >= 15 is 0 Å². The Morgan fingerprint density at radius 2 is 1.13 bits per heavy atom. The number of hydrogen-bond donors (Lipinski definition) is 0. The summed E-state index contributed by atoms with van der Waals surface area (Å²) in [6.45, 7) is 5.63. The molecule has 0 aliphatic rings. The van der Waals surface area contributed by atoms with E-state index in [2.05, 4.69) is 0 Å². The van der Waals surface area contributed by atoms with Crippen molar-refractivity contribution in [1.29, 1.82) is 0 Å². The van der Waals surface area contributed by atoms with Crippen molar-refractivity contribution in [2.75, 3.05) is 0 Å². The highest BCUT2D eigenvalue weighted by Gasteiger charge is 2.28. The smallest absolute Gasteiger partial charge is 0.338 e. The van der Waals surface area contributed by atoms with Crippen LogP contribution in [0.25, 0.3) is 0 Å². The van der Waals surface area contributed by atoms with Crippen LogP contribution in [0.5, 0.6) is 11.5 Å². The van der Waals surface area contributed by atoms with Crippen LogP contribution in [0, 0.1) is 0 Å². The van der Waals surface area contributed by atoms with E-state index in [4.69, 9.17) is 37.4 Å². The molecule has 0 atom stereocenters. The van der Waals surface area contributed by atoms with E-state index in [1.54, 1.807) is 39.0 Å². The molecule has 0 radical (unpaired) electrons. The molecule has 0 fully saturated rings. The molecule has 0 saturated heterocycles. The van der Waals surface area contributed by atoms with Crippen molar-refractivity contribution in [2.45, 2.75) is 39.6 Å². The van der Waals surface area contributed by atoms with Crippen LogP contribution in [0.4, 0.5) is 0 Å². The van der Waals surface area contributed by atoms with E-state index in [1.165, 1.54) is 12.1 Å². The van der Waals surface area contributed by atoms with Gasteiger partial charge in [0.25, 0.3) is 0 Å². The fraction of sp³-hybridized carbons (Fsp3) is 0.188. The van der Waals surface area contributed by atoms with E-state index in [1.807, 2.05) is 60.7 Å². The van der Waals surface area contributed by atoms with Gasteiger partial charge in [-0.05, 0) is 56.2 Å². The number of carbonyl (C=O) groups is 2. The Bertz CT molecular complexity index is 1380. The van der Waals surface area contributed by atoms with Crippen LogP contribution in [-0.4, -0.2) is 17.4 Å². The van der Waals surface area contributed by atoms with Crippen LogP contribution in [-0.2, 0) is 18.0 Å². The van der Waals surface area contributed by atoms with Crippen molar-refractivity contribution in [3.63, 3.8) is 0 Å². The third-order valence-electron chi connectivity index (χ3n) is 5.59. The molecule has 0 saturated carbocycles. The Balaban J connectivity index is 1.85. The topological polar surface area (TPSA) is 61.8 Å². The maximum absolute atomic E-state index is 14.0. The van der Waals surface area contributed by atoms with Crippen molar-refractivity contribution in [2.24, 2.45) is 0 Å². The number of ketones is 1. The second kappa shape index (κ2) is 12.4. The van der Waals surface area contributed by atoms with Crippen molar-refractivity contribution in [3.05, 3.63) is 129 Å². The minimum absolute atomic E-state index is 0.101. The van der Waals surface area contributed by atoms with Crippen molar-refractivity contribution in [3.8, 4) is 11.5 Å². The summed E-state index contributed by atoms with van der Waals surface area (Å²) in [5.74, 6) is -0.781. The molecule has 0 aliphatic heterocycles. The molecule has 0 heterocycles. The number of esters is 1. The Morgan fingerprint density at radius 1 is 0.667 bits per heavy atom. The number of carbonyl (C=O) groups excluding carboxylic acids is 2. The lowest BCUT2D eigenvalue weighted by atomic mass is 9.99. The van der Waals surface area contributed by atoms with Gasteiger partial charge in [0.2, 0.25) is 5.78 Å². The lowest BCUT2D eigenvalue weighted by Crippen LogP contribution is -2.24. The second-order valence-electron chi connectivity index (χ2n) is 9.82. The predicted octanol–water partition coefficient (Wildman–Crippen LogP) is 8.34. The Kier molecular flexibility index (Phi) is 8.95. The summed E-state index contributed by atoms with van der Waals surface area (Å²) in [4.78, 5) is 27.1. The second-order valence-corrected chi connectivity index (χ2v) is 10.6. The van der Waals surface area contributed by atoms with Gasteiger partial charge in [-0.3, -0.25) is 4.79 Å². The van der Waals surface area contributed by atoms with Gasteiger partial charge in [0.05, 0.1) is 21.2 Å². The van der Waals surface area contributed by atoms with E-state index in [-0.39, 0.29) is 51.4 Å². The molecule has 7 heteroatoms. The van der Waals surface area contributed by atoms with Gasteiger partial charge in [-0.1, -0.05) is 89.9 Å². The maximum Gasteiger partial charge on any atom is 0.338 e. The molecule has 0 spiro atoms. The lowest BCUT2D eigenvalue weighted by Gasteiger charge is -2.22. The average Bonchev–Trinajstić information content (AvgIpc) is 2.90. The molecule has 0 unspecified atom stereocenters. The van der Waals surface area contributed by atoms with Crippen molar-refractivity contribution in [1.82, 2.24) is 0 Å². The summed E-state index contributed by atoms with van der Waals surface area (Å²) in [6.07, 6.45) is 0. The summed E-state index contributed by atoms with van der Waals surface area (Å²) in [5.41, 5.74) is 1.41. The molecule has 5 nitrogen and oxygen atoms in total. The number of benzene rings is 4. The van der Waals surface area contributed by atoms with Gasteiger partial charge in [0.1, 0.15) is 35.9 Å². The molecule has 200 valence electrons. The van der Waals surface area contributed by atoms with Gasteiger partial charge in [-0.2, -0.15) is 0 Å². The van der Waals surface area contributed by atoms with E-state index in [0.717, 1.165) is 11.1 Å². The summed E-state index contributed by atoms with van der Waals surface area (Å²) in [6, 6.07) is 26.8. The van der Waals surface area contributed by atoms with Crippen LogP contribution >= 0.6 is 23.2 Å². The first kappa shape index (κ1) is 28.2. The van der Waals surface area contributed by atoms with Crippen LogP contribution in [0.2, 0.25) is 10.0 Å². The van der Waals surface area contributed by atoms with Gasteiger partial charge in [-0.15, -0.1) is 0 Å². The van der Waals surface area contributed by atoms with Crippen molar-refractivity contribution >= 4 is 35.0 Å². The van der Waals surface area contributed by atoms with Gasteiger partial charge < -0.3 is 14.2 Å². The standard InChI is InChI=1S/C32H28Cl2O5/c1-32(2,3)39-31(36)23-17-26(37-19-21-11-6-4-7-12-21)29(30(35)28-24(33)15-10-16-25(28)34)27(18-23)38-20-22-13-8-5-9-14-22/h4-18H,19-20H2,1-3H3. The number of halogens is 2.